The van der Waals surface area contributed by atoms with Crippen molar-refractivity contribution in [3.63, 3.8) is 0 Å². The van der Waals surface area contributed by atoms with Crippen LogP contribution in [0.1, 0.15) is 12.8 Å². The van der Waals surface area contributed by atoms with Gasteiger partial charge in [-0.2, -0.15) is 0 Å². The van der Waals surface area contributed by atoms with E-state index in [0.29, 0.717) is 41.8 Å². The van der Waals surface area contributed by atoms with Gasteiger partial charge in [0.2, 0.25) is 5.91 Å². The van der Waals surface area contributed by atoms with Crippen LogP contribution in [0.3, 0.4) is 0 Å². The molecule has 8 nitrogen and oxygen atoms in total. The minimum absolute atomic E-state index is 0.154. The lowest BCUT2D eigenvalue weighted by Gasteiger charge is -2.34. The highest BCUT2D eigenvalue weighted by molar-refractivity contribution is 6.31. The van der Waals surface area contributed by atoms with Crippen LogP contribution in [0, 0.1) is 5.92 Å². The number of hydrogen-bond acceptors (Lipinski definition) is 5. The molecule has 1 aliphatic heterocycles. The molecule has 1 aliphatic rings. The van der Waals surface area contributed by atoms with E-state index in [1.54, 1.807) is 25.2 Å². The van der Waals surface area contributed by atoms with Crippen LogP contribution >= 0.6 is 11.6 Å². The number of anilines is 2. The zero-order valence-electron chi connectivity index (χ0n) is 16.1. The molecule has 3 rings (SSSR count). The van der Waals surface area contributed by atoms with E-state index in [2.05, 4.69) is 5.32 Å². The molecule has 0 radical (unpaired) electrons. The van der Waals surface area contributed by atoms with E-state index >= 15 is 0 Å². The summed E-state index contributed by atoms with van der Waals surface area (Å²) in [6.07, 6.45) is 1.48. The summed E-state index contributed by atoms with van der Waals surface area (Å²) in [5.41, 5.74) is -0.246. The maximum absolute atomic E-state index is 12.8. The largest absolute Gasteiger partial charge is 0.495 e. The molecule has 1 N–H and O–H groups in total. The number of benzene rings is 1. The van der Waals surface area contributed by atoms with Crippen molar-refractivity contribution in [3.8, 4) is 5.75 Å². The molecule has 1 aromatic carbocycles. The lowest BCUT2D eigenvalue weighted by molar-refractivity contribution is -0.120. The summed E-state index contributed by atoms with van der Waals surface area (Å²) in [7, 11) is 4.59. The van der Waals surface area contributed by atoms with Crippen molar-refractivity contribution in [2.24, 2.45) is 20.0 Å². The quantitative estimate of drug-likeness (QED) is 0.833. The first-order valence-corrected chi connectivity index (χ1v) is 9.36. The summed E-state index contributed by atoms with van der Waals surface area (Å²) in [5, 5.41) is 3.38. The predicted molar refractivity (Wildman–Crippen MR) is 108 cm³/mol. The Labute approximate surface area is 167 Å². The van der Waals surface area contributed by atoms with Gasteiger partial charge in [-0.05, 0) is 31.0 Å². The zero-order chi connectivity index (χ0) is 20.4. The predicted octanol–water partition coefficient (Wildman–Crippen LogP) is 1.60. The number of ether oxygens (including phenoxy) is 1. The standard InChI is InChI=1S/C19H23ClN4O4/c1-22-16(10-17(25)23(2)19(22)27)24-8-4-5-12(11-24)18(26)21-14-9-13(20)6-7-15(14)28-3/h6-7,9-10,12H,4-5,8,11H2,1-3H3,(H,21,26)/t12-/m0/s1. The number of halogens is 1. The van der Waals surface area contributed by atoms with E-state index in [1.807, 2.05) is 4.90 Å². The number of methoxy groups -OCH3 is 1. The Kier molecular flexibility index (Phi) is 5.79. The molecule has 1 aromatic heterocycles. The first-order chi connectivity index (χ1) is 13.3. The average molecular weight is 407 g/mol. The van der Waals surface area contributed by atoms with Gasteiger partial charge in [0.15, 0.2) is 0 Å². The number of rotatable bonds is 4. The number of nitrogens with zero attached hydrogens (tertiary/aromatic N) is 3. The van der Waals surface area contributed by atoms with Gasteiger partial charge in [-0.25, -0.2) is 4.79 Å². The van der Waals surface area contributed by atoms with Crippen LogP contribution in [0.2, 0.25) is 5.02 Å². The van der Waals surface area contributed by atoms with Crippen molar-refractivity contribution in [2.45, 2.75) is 12.8 Å². The highest BCUT2D eigenvalue weighted by atomic mass is 35.5. The Hall–Kier alpha value is -2.74. The van der Waals surface area contributed by atoms with Crippen molar-refractivity contribution in [3.05, 3.63) is 50.1 Å². The Morgan fingerprint density at radius 1 is 1.21 bits per heavy atom. The molecule has 1 fully saturated rings. The molecular weight excluding hydrogens is 384 g/mol. The van der Waals surface area contributed by atoms with Crippen LogP contribution in [-0.4, -0.2) is 35.2 Å². The second-order valence-electron chi connectivity index (χ2n) is 6.86. The fourth-order valence-corrected chi connectivity index (χ4v) is 3.61. The smallest absolute Gasteiger partial charge is 0.332 e. The Morgan fingerprint density at radius 2 is 1.96 bits per heavy atom. The van der Waals surface area contributed by atoms with Crippen molar-refractivity contribution in [1.82, 2.24) is 9.13 Å². The fourth-order valence-electron chi connectivity index (χ4n) is 3.44. The molecule has 0 bridgehead atoms. The molecule has 28 heavy (non-hydrogen) atoms. The summed E-state index contributed by atoms with van der Waals surface area (Å²) in [6, 6.07) is 6.46. The fraction of sp³-hybridized carbons (Fsp3) is 0.421. The van der Waals surface area contributed by atoms with Crippen LogP contribution in [0.25, 0.3) is 0 Å². The maximum Gasteiger partial charge on any atom is 0.332 e. The molecule has 0 spiro atoms. The average Bonchev–Trinajstić information content (AvgIpc) is 2.69. The summed E-state index contributed by atoms with van der Waals surface area (Å²) in [4.78, 5) is 39.0. The molecular formula is C19H23ClN4O4. The van der Waals surface area contributed by atoms with Crippen molar-refractivity contribution in [1.29, 1.82) is 0 Å². The van der Waals surface area contributed by atoms with E-state index in [0.717, 1.165) is 11.0 Å². The highest BCUT2D eigenvalue weighted by Crippen LogP contribution is 2.29. The first-order valence-electron chi connectivity index (χ1n) is 8.98. The molecule has 1 amide bonds. The third-order valence-corrected chi connectivity index (χ3v) is 5.27. The normalized spacial score (nSPS) is 16.7. The number of carbonyl (C=O) groups is 1. The zero-order valence-corrected chi connectivity index (χ0v) is 16.8. The summed E-state index contributed by atoms with van der Waals surface area (Å²) < 4.78 is 7.76. The van der Waals surface area contributed by atoms with Crippen LogP contribution in [0.5, 0.6) is 5.75 Å². The Bertz CT molecular complexity index is 1010. The molecule has 0 aliphatic carbocycles. The van der Waals surface area contributed by atoms with Crippen molar-refractivity contribution in [2.75, 3.05) is 30.4 Å². The van der Waals surface area contributed by atoms with Gasteiger partial charge in [0, 0.05) is 38.3 Å². The minimum Gasteiger partial charge on any atom is -0.495 e. The molecule has 2 aromatic rings. The minimum atomic E-state index is -0.391. The third-order valence-electron chi connectivity index (χ3n) is 5.04. The SMILES string of the molecule is COc1ccc(Cl)cc1NC(=O)[C@H]1CCCN(c2cc(=O)n(C)c(=O)n2C)C1. The van der Waals surface area contributed by atoms with Crippen LogP contribution in [0.15, 0.2) is 33.9 Å². The summed E-state index contributed by atoms with van der Waals surface area (Å²) in [6.45, 7) is 1.08. The van der Waals surface area contributed by atoms with E-state index in [4.69, 9.17) is 16.3 Å². The second-order valence-corrected chi connectivity index (χ2v) is 7.30. The Balaban J connectivity index is 1.81. The maximum atomic E-state index is 12.8. The van der Waals surface area contributed by atoms with E-state index in [9.17, 15) is 14.4 Å². The van der Waals surface area contributed by atoms with Gasteiger partial charge in [-0.3, -0.25) is 18.7 Å². The molecule has 0 unspecified atom stereocenters. The first kappa shape index (κ1) is 20.0. The third kappa shape index (κ3) is 3.91. The lowest BCUT2D eigenvalue weighted by Crippen LogP contribution is -2.45. The lowest BCUT2D eigenvalue weighted by atomic mass is 9.97. The van der Waals surface area contributed by atoms with Gasteiger partial charge in [-0.1, -0.05) is 11.6 Å². The summed E-state index contributed by atoms with van der Waals surface area (Å²) in [5.74, 6) is 0.598. The number of piperidine rings is 1. The highest BCUT2D eigenvalue weighted by Gasteiger charge is 2.28. The topological polar surface area (TPSA) is 85.6 Å². The van der Waals surface area contributed by atoms with E-state index in [-0.39, 0.29) is 17.4 Å². The van der Waals surface area contributed by atoms with Crippen LogP contribution < -0.4 is 26.2 Å². The van der Waals surface area contributed by atoms with Gasteiger partial charge in [0.25, 0.3) is 5.56 Å². The van der Waals surface area contributed by atoms with Crippen molar-refractivity contribution >= 4 is 29.0 Å². The monoisotopic (exact) mass is 406 g/mol. The summed E-state index contributed by atoms with van der Waals surface area (Å²) >= 11 is 6.03. The molecule has 9 heteroatoms. The molecule has 1 atom stereocenters. The molecule has 1 saturated heterocycles. The van der Waals surface area contributed by atoms with Gasteiger partial charge < -0.3 is 15.0 Å². The van der Waals surface area contributed by atoms with Gasteiger partial charge in [0.05, 0.1) is 18.7 Å². The molecule has 150 valence electrons. The van der Waals surface area contributed by atoms with Crippen LogP contribution in [0.4, 0.5) is 11.5 Å². The van der Waals surface area contributed by atoms with E-state index in [1.165, 1.54) is 24.8 Å². The van der Waals surface area contributed by atoms with E-state index < -0.39 is 5.69 Å². The van der Waals surface area contributed by atoms with Gasteiger partial charge >= 0.3 is 5.69 Å². The number of carbonyl (C=O) groups excluding carboxylic acids is 1. The van der Waals surface area contributed by atoms with Crippen LogP contribution in [-0.2, 0) is 18.9 Å². The number of nitrogens with one attached hydrogen (secondary N) is 1. The van der Waals surface area contributed by atoms with Gasteiger partial charge in [0.1, 0.15) is 11.6 Å². The number of amides is 1. The second kappa shape index (κ2) is 8.10. The number of hydrogen-bond donors (Lipinski definition) is 1. The number of aromatic nitrogens is 2. The molecule has 0 saturated carbocycles. The molecule has 2 heterocycles. The van der Waals surface area contributed by atoms with Gasteiger partial charge in [-0.15, -0.1) is 0 Å². The van der Waals surface area contributed by atoms with Crippen molar-refractivity contribution < 1.29 is 9.53 Å². The Morgan fingerprint density at radius 3 is 2.68 bits per heavy atom.